The van der Waals surface area contributed by atoms with Crippen molar-refractivity contribution in [2.24, 2.45) is 0 Å². The summed E-state index contributed by atoms with van der Waals surface area (Å²) in [6.45, 7) is 9.51. The van der Waals surface area contributed by atoms with Gasteiger partial charge in [0.25, 0.3) is 0 Å². The van der Waals surface area contributed by atoms with E-state index < -0.39 is 0 Å². The predicted octanol–water partition coefficient (Wildman–Crippen LogP) is 2.38. The SMILES string of the molecule is C=C1CCCOC1.CC. The lowest BCUT2D eigenvalue weighted by Gasteiger charge is -2.11. The summed E-state index contributed by atoms with van der Waals surface area (Å²) in [5, 5.41) is 0. The van der Waals surface area contributed by atoms with Crippen LogP contribution in [0.5, 0.6) is 0 Å². The van der Waals surface area contributed by atoms with Crippen molar-refractivity contribution in [2.45, 2.75) is 26.7 Å². The first-order chi connectivity index (χ1) is 4.39. The molecule has 9 heavy (non-hydrogen) atoms. The Balaban J connectivity index is 0.000000291. The summed E-state index contributed by atoms with van der Waals surface area (Å²) >= 11 is 0. The van der Waals surface area contributed by atoms with Crippen LogP contribution >= 0.6 is 0 Å². The smallest absolute Gasteiger partial charge is 0.0674 e. The molecule has 0 aromatic heterocycles. The second-order valence-corrected chi connectivity index (χ2v) is 1.91. The van der Waals surface area contributed by atoms with Gasteiger partial charge in [-0.25, -0.2) is 0 Å². The Kier molecular flexibility index (Phi) is 5.64. The van der Waals surface area contributed by atoms with Gasteiger partial charge in [-0.15, -0.1) is 0 Å². The lowest BCUT2D eigenvalue weighted by molar-refractivity contribution is 0.130. The Morgan fingerprint density at radius 1 is 1.44 bits per heavy atom. The van der Waals surface area contributed by atoms with Gasteiger partial charge >= 0.3 is 0 Å². The molecule has 0 aromatic rings. The number of rotatable bonds is 0. The maximum absolute atomic E-state index is 5.08. The molecule has 0 spiro atoms. The quantitative estimate of drug-likeness (QED) is 0.455. The lowest BCUT2D eigenvalue weighted by atomic mass is 10.1. The first-order valence-corrected chi connectivity index (χ1v) is 3.64. The fraction of sp³-hybridized carbons (Fsp3) is 0.750. The zero-order chi connectivity index (χ0) is 7.11. The van der Waals surface area contributed by atoms with Crippen molar-refractivity contribution >= 4 is 0 Å². The molecule has 1 aliphatic rings. The molecule has 0 N–H and O–H groups in total. The average molecular weight is 128 g/mol. The minimum absolute atomic E-state index is 0.792. The molecule has 0 atom stereocenters. The van der Waals surface area contributed by atoms with Gasteiger partial charge in [0.15, 0.2) is 0 Å². The van der Waals surface area contributed by atoms with Crippen LogP contribution in [-0.2, 0) is 4.74 Å². The van der Waals surface area contributed by atoms with Crippen molar-refractivity contribution in [2.75, 3.05) is 13.2 Å². The zero-order valence-corrected chi connectivity index (χ0v) is 6.44. The molecule has 1 fully saturated rings. The van der Waals surface area contributed by atoms with E-state index in [0.717, 1.165) is 13.2 Å². The van der Waals surface area contributed by atoms with E-state index in [1.807, 2.05) is 13.8 Å². The molecule has 0 aliphatic carbocycles. The summed E-state index contributed by atoms with van der Waals surface area (Å²) in [4.78, 5) is 0. The first kappa shape index (κ1) is 8.70. The van der Waals surface area contributed by atoms with E-state index in [0.29, 0.717) is 0 Å². The van der Waals surface area contributed by atoms with E-state index in [1.54, 1.807) is 0 Å². The largest absolute Gasteiger partial charge is 0.377 e. The topological polar surface area (TPSA) is 9.23 Å². The van der Waals surface area contributed by atoms with Crippen LogP contribution in [-0.4, -0.2) is 13.2 Å². The highest BCUT2D eigenvalue weighted by atomic mass is 16.5. The van der Waals surface area contributed by atoms with E-state index in [1.165, 1.54) is 18.4 Å². The van der Waals surface area contributed by atoms with Gasteiger partial charge in [-0.05, 0) is 12.8 Å². The van der Waals surface area contributed by atoms with Crippen LogP contribution in [0.4, 0.5) is 0 Å². The van der Waals surface area contributed by atoms with Crippen LogP contribution in [0.2, 0.25) is 0 Å². The molecule has 1 rings (SSSR count). The summed E-state index contributed by atoms with van der Waals surface area (Å²) in [5.41, 5.74) is 1.24. The van der Waals surface area contributed by atoms with Crippen molar-refractivity contribution in [1.29, 1.82) is 0 Å². The minimum Gasteiger partial charge on any atom is -0.377 e. The second kappa shape index (κ2) is 5.83. The van der Waals surface area contributed by atoms with Gasteiger partial charge in [-0.3, -0.25) is 0 Å². The molecule has 0 unspecified atom stereocenters. The Bertz CT molecular complexity index is 68.6. The molecule has 1 heteroatoms. The van der Waals surface area contributed by atoms with Gasteiger partial charge in [0.05, 0.1) is 6.61 Å². The number of ether oxygens (including phenoxy) is 1. The Morgan fingerprint density at radius 3 is 2.33 bits per heavy atom. The van der Waals surface area contributed by atoms with Crippen LogP contribution in [0.15, 0.2) is 12.2 Å². The molecule has 1 saturated heterocycles. The molecule has 0 saturated carbocycles. The summed E-state index contributed by atoms with van der Waals surface area (Å²) in [6.07, 6.45) is 2.33. The van der Waals surface area contributed by atoms with Gasteiger partial charge < -0.3 is 4.74 Å². The molecular formula is C8H16O. The van der Waals surface area contributed by atoms with Crippen molar-refractivity contribution in [3.05, 3.63) is 12.2 Å². The molecule has 0 aromatic carbocycles. The number of hydrogen-bond acceptors (Lipinski definition) is 1. The van der Waals surface area contributed by atoms with Gasteiger partial charge in [0.2, 0.25) is 0 Å². The van der Waals surface area contributed by atoms with Crippen LogP contribution in [0.3, 0.4) is 0 Å². The molecule has 0 bridgehead atoms. The van der Waals surface area contributed by atoms with Crippen LogP contribution in [0, 0.1) is 0 Å². The third-order valence-corrected chi connectivity index (χ3v) is 1.13. The van der Waals surface area contributed by atoms with Gasteiger partial charge in [-0.2, -0.15) is 0 Å². The summed E-state index contributed by atoms with van der Waals surface area (Å²) in [6, 6.07) is 0. The van der Waals surface area contributed by atoms with Crippen LogP contribution < -0.4 is 0 Å². The van der Waals surface area contributed by atoms with Crippen LogP contribution in [0.25, 0.3) is 0 Å². The highest BCUT2D eigenvalue weighted by Crippen LogP contribution is 2.08. The van der Waals surface area contributed by atoms with Crippen LogP contribution in [0.1, 0.15) is 26.7 Å². The summed E-state index contributed by atoms with van der Waals surface area (Å²) < 4.78 is 5.08. The maximum atomic E-state index is 5.08. The Labute approximate surface area is 57.7 Å². The Morgan fingerprint density at radius 2 is 2.11 bits per heavy atom. The van der Waals surface area contributed by atoms with E-state index in [9.17, 15) is 0 Å². The Hall–Kier alpha value is -0.300. The first-order valence-electron chi connectivity index (χ1n) is 3.64. The molecule has 54 valence electrons. The standard InChI is InChI=1S/C6H10O.C2H6/c1-6-3-2-4-7-5-6;1-2/h1-5H2;1-2H3. The molecule has 0 radical (unpaired) electrons. The fourth-order valence-corrected chi connectivity index (χ4v) is 0.713. The van der Waals surface area contributed by atoms with Crippen molar-refractivity contribution in [3.63, 3.8) is 0 Å². The second-order valence-electron chi connectivity index (χ2n) is 1.91. The van der Waals surface area contributed by atoms with E-state index in [2.05, 4.69) is 6.58 Å². The summed E-state index contributed by atoms with van der Waals surface area (Å²) in [5.74, 6) is 0. The molecular weight excluding hydrogens is 112 g/mol. The third-order valence-electron chi connectivity index (χ3n) is 1.13. The normalized spacial score (nSPS) is 18.2. The minimum atomic E-state index is 0.792. The van der Waals surface area contributed by atoms with Crippen molar-refractivity contribution in [1.82, 2.24) is 0 Å². The van der Waals surface area contributed by atoms with Crippen molar-refractivity contribution < 1.29 is 4.74 Å². The highest BCUT2D eigenvalue weighted by Gasteiger charge is 2.00. The van der Waals surface area contributed by atoms with Gasteiger partial charge in [0.1, 0.15) is 0 Å². The zero-order valence-electron chi connectivity index (χ0n) is 6.44. The fourth-order valence-electron chi connectivity index (χ4n) is 0.713. The monoisotopic (exact) mass is 128 g/mol. The van der Waals surface area contributed by atoms with E-state index in [-0.39, 0.29) is 0 Å². The lowest BCUT2D eigenvalue weighted by Crippen LogP contribution is -2.06. The number of hydrogen-bond donors (Lipinski definition) is 0. The van der Waals surface area contributed by atoms with E-state index in [4.69, 9.17) is 4.74 Å². The van der Waals surface area contributed by atoms with E-state index >= 15 is 0 Å². The average Bonchev–Trinajstić information content (AvgIpc) is 1.94. The summed E-state index contributed by atoms with van der Waals surface area (Å²) in [7, 11) is 0. The molecule has 1 nitrogen and oxygen atoms in total. The van der Waals surface area contributed by atoms with Crippen molar-refractivity contribution in [3.8, 4) is 0 Å². The molecule has 1 heterocycles. The highest BCUT2D eigenvalue weighted by molar-refractivity contribution is 4.95. The van der Waals surface area contributed by atoms with Gasteiger partial charge in [0, 0.05) is 6.61 Å². The maximum Gasteiger partial charge on any atom is 0.0674 e. The van der Waals surface area contributed by atoms with Gasteiger partial charge in [-0.1, -0.05) is 26.0 Å². The predicted molar refractivity (Wildman–Crippen MR) is 40.5 cm³/mol. The third kappa shape index (κ3) is 4.22. The molecule has 1 aliphatic heterocycles. The molecule has 0 amide bonds.